The Kier molecular flexibility index (Phi) is 4.11. The summed E-state index contributed by atoms with van der Waals surface area (Å²) < 4.78 is 13.2. The van der Waals surface area contributed by atoms with Crippen molar-refractivity contribution in [3.63, 3.8) is 0 Å². The van der Waals surface area contributed by atoms with Gasteiger partial charge in [-0.15, -0.1) is 0 Å². The van der Waals surface area contributed by atoms with Gasteiger partial charge in [-0.05, 0) is 43.7 Å². The van der Waals surface area contributed by atoms with Crippen molar-refractivity contribution in [2.45, 2.75) is 13.8 Å². The van der Waals surface area contributed by atoms with Crippen LogP contribution in [-0.2, 0) is 0 Å². The predicted octanol–water partition coefficient (Wildman–Crippen LogP) is 4.58. The lowest BCUT2D eigenvalue weighted by Crippen LogP contribution is -2.18. The first-order chi connectivity index (χ1) is 11.4. The number of hydrogen-bond acceptors (Lipinski definition) is 3. The van der Waals surface area contributed by atoms with Gasteiger partial charge in [-0.3, -0.25) is 9.59 Å². The Morgan fingerprint density at radius 1 is 1.25 bits per heavy atom. The van der Waals surface area contributed by atoms with Crippen molar-refractivity contribution in [3.05, 3.63) is 68.6 Å². The molecule has 3 rings (SSSR count). The Labute approximate surface area is 142 Å². The number of fused-ring (bicyclic) bond motifs is 1. The summed E-state index contributed by atoms with van der Waals surface area (Å²) in [6.07, 6.45) is 0. The van der Waals surface area contributed by atoms with Crippen LogP contribution in [0.25, 0.3) is 10.9 Å². The molecule has 4 nitrogen and oxygen atoms in total. The molecule has 0 bridgehead atoms. The highest BCUT2D eigenvalue weighted by atomic mass is 35.5. The summed E-state index contributed by atoms with van der Waals surface area (Å²) in [5.41, 5.74) is 1.43. The van der Waals surface area contributed by atoms with E-state index in [0.717, 1.165) is 11.6 Å². The van der Waals surface area contributed by atoms with Gasteiger partial charge in [0.25, 0.3) is 0 Å². The number of hydrogen-bond donors (Lipinski definition) is 2. The number of Topliss-reactive ketones (excluding diaryl/α,β-unsaturated/α-hetero) is 1. The number of aryl methyl sites for hydroxylation is 1. The number of carbonyl (C=O) groups excluding carboxylic acids is 1. The zero-order chi connectivity index (χ0) is 17.4. The number of anilines is 2. The Balaban J connectivity index is 2.25. The standard InChI is InChI=1S/C18H14ClFN2O2/c1-9-4-3-5-14-15(9)17(24)16(10(2)23)18(22-14)21-13-7-6-11(20)8-12(13)19/h3-8H,1-2H3,(H2,21,22,24). The molecular weight excluding hydrogens is 331 g/mol. The third-order valence-corrected chi connectivity index (χ3v) is 4.09. The Morgan fingerprint density at radius 3 is 2.67 bits per heavy atom. The molecule has 0 radical (unpaired) electrons. The molecule has 0 saturated carbocycles. The summed E-state index contributed by atoms with van der Waals surface area (Å²) >= 11 is 6.02. The first-order valence-electron chi connectivity index (χ1n) is 7.27. The van der Waals surface area contributed by atoms with E-state index in [0.29, 0.717) is 16.6 Å². The number of H-pyrrole nitrogens is 1. The average molecular weight is 345 g/mol. The van der Waals surface area contributed by atoms with Gasteiger partial charge >= 0.3 is 0 Å². The summed E-state index contributed by atoms with van der Waals surface area (Å²) in [6, 6.07) is 9.22. The quantitative estimate of drug-likeness (QED) is 0.684. The van der Waals surface area contributed by atoms with E-state index >= 15 is 0 Å². The largest absolute Gasteiger partial charge is 0.340 e. The van der Waals surface area contributed by atoms with E-state index in [1.807, 2.05) is 19.1 Å². The van der Waals surface area contributed by atoms with E-state index in [2.05, 4.69) is 10.3 Å². The third kappa shape index (κ3) is 2.78. The molecule has 1 aromatic heterocycles. The molecule has 0 fully saturated rings. The monoisotopic (exact) mass is 344 g/mol. The van der Waals surface area contributed by atoms with Crippen molar-refractivity contribution in [2.75, 3.05) is 5.32 Å². The Hall–Kier alpha value is -2.66. The van der Waals surface area contributed by atoms with Crippen molar-refractivity contribution in [1.29, 1.82) is 0 Å². The van der Waals surface area contributed by atoms with Crippen LogP contribution in [0.3, 0.4) is 0 Å². The number of carbonyl (C=O) groups is 1. The van der Waals surface area contributed by atoms with Crippen molar-refractivity contribution >= 4 is 39.8 Å². The van der Waals surface area contributed by atoms with Crippen molar-refractivity contribution in [1.82, 2.24) is 4.98 Å². The number of nitrogens with one attached hydrogen (secondary N) is 2. The molecule has 0 atom stereocenters. The van der Waals surface area contributed by atoms with Crippen LogP contribution in [0.1, 0.15) is 22.8 Å². The molecule has 6 heteroatoms. The van der Waals surface area contributed by atoms with E-state index in [1.54, 1.807) is 6.07 Å². The van der Waals surface area contributed by atoms with E-state index in [-0.39, 0.29) is 27.6 Å². The summed E-state index contributed by atoms with van der Waals surface area (Å²) in [6.45, 7) is 3.14. The minimum Gasteiger partial charge on any atom is -0.340 e. The molecular formula is C18H14ClFN2O2. The first kappa shape index (κ1) is 16.2. The Bertz CT molecular complexity index is 1030. The number of ketones is 1. The van der Waals surface area contributed by atoms with E-state index in [1.165, 1.54) is 19.1 Å². The fourth-order valence-corrected chi connectivity index (χ4v) is 2.88. The molecule has 0 saturated heterocycles. The van der Waals surface area contributed by atoms with E-state index in [4.69, 9.17) is 11.6 Å². The predicted molar refractivity (Wildman–Crippen MR) is 94.0 cm³/mol. The summed E-state index contributed by atoms with van der Waals surface area (Å²) in [4.78, 5) is 27.8. The van der Waals surface area contributed by atoms with Gasteiger partial charge in [-0.25, -0.2) is 4.39 Å². The van der Waals surface area contributed by atoms with Crippen molar-refractivity contribution < 1.29 is 9.18 Å². The molecule has 0 amide bonds. The average Bonchev–Trinajstić information content (AvgIpc) is 2.49. The highest BCUT2D eigenvalue weighted by Gasteiger charge is 2.18. The third-order valence-electron chi connectivity index (χ3n) is 3.78. The lowest BCUT2D eigenvalue weighted by Gasteiger charge is -2.13. The SMILES string of the molecule is CC(=O)c1c(Nc2ccc(F)cc2Cl)[nH]c2cccc(C)c2c1=O. The molecule has 0 aliphatic heterocycles. The number of rotatable bonds is 3. The molecule has 0 unspecified atom stereocenters. The van der Waals surface area contributed by atoms with Gasteiger partial charge in [-0.2, -0.15) is 0 Å². The van der Waals surface area contributed by atoms with Crippen LogP contribution in [0.5, 0.6) is 0 Å². The zero-order valence-corrected chi connectivity index (χ0v) is 13.8. The van der Waals surface area contributed by atoms with Gasteiger partial charge in [-0.1, -0.05) is 23.7 Å². The molecule has 2 aromatic carbocycles. The molecule has 0 aliphatic rings. The normalized spacial score (nSPS) is 10.8. The van der Waals surface area contributed by atoms with Crippen molar-refractivity contribution in [3.8, 4) is 0 Å². The maximum Gasteiger partial charge on any atom is 0.202 e. The fourth-order valence-electron chi connectivity index (χ4n) is 2.66. The molecule has 1 heterocycles. The van der Waals surface area contributed by atoms with Crippen LogP contribution >= 0.6 is 11.6 Å². The van der Waals surface area contributed by atoms with Gasteiger partial charge in [0.15, 0.2) is 5.78 Å². The van der Waals surface area contributed by atoms with Crippen LogP contribution in [0.4, 0.5) is 15.9 Å². The summed E-state index contributed by atoms with van der Waals surface area (Å²) in [5.74, 6) is -0.610. The lowest BCUT2D eigenvalue weighted by molar-refractivity contribution is 0.101. The number of benzene rings is 2. The van der Waals surface area contributed by atoms with Crippen LogP contribution in [0.15, 0.2) is 41.2 Å². The number of aromatic amines is 1. The van der Waals surface area contributed by atoms with E-state index in [9.17, 15) is 14.0 Å². The van der Waals surface area contributed by atoms with Gasteiger partial charge in [0.2, 0.25) is 5.43 Å². The lowest BCUT2D eigenvalue weighted by atomic mass is 10.0. The van der Waals surface area contributed by atoms with Gasteiger partial charge in [0, 0.05) is 5.39 Å². The number of pyridine rings is 1. The smallest absolute Gasteiger partial charge is 0.202 e. The second-order valence-electron chi connectivity index (χ2n) is 5.51. The molecule has 3 aromatic rings. The second-order valence-corrected chi connectivity index (χ2v) is 5.91. The maximum absolute atomic E-state index is 13.2. The maximum atomic E-state index is 13.2. The summed E-state index contributed by atoms with van der Waals surface area (Å²) in [7, 11) is 0. The molecule has 2 N–H and O–H groups in total. The second kappa shape index (κ2) is 6.09. The molecule has 0 aliphatic carbocycles. The van der Waals surface area contributed by atoms with Gasteiger partial charge in [0.05, 0.1) is 16.2 Å². The van der Waals surface area contributed by atoms with Crippen LogP contribution in [0, 0.1) is 12.7 Å². The van der Waals surface area contributed by atoms with Gasteiger partial charge < -0.3 is 10.3 Å². The van der Waals surface area contributed by atoms with Crippen LogP contribution < -0.4 is 10.7 Å². The zero-order valence-electron chi connectivity index (χ0n) is 13.0. The molecule has 122 valence electrons. The summed E-state index contributed by atoms with van der Waals surface area (Å²) in [5, 5.41) is 3.55. The molecule has 24 heavy (non-hydrogen) atoms. The van der Waals surface area contributed by atoms with E-state index < -0.39 is 5.82 Å². The molecule has 0 spiro atoms. The van der Waals surface area contributed by atoms with Crippen LogP contribution in [0.2, 0.25) is 5.02 Å². The minimum atomic E-state index is -0.472. The van der Waals surface area contributed by atoms with Crippen LogP contribution in [-0.4, -0.2) is 10.8 Å². The topological polar surface area (TPSA) is 62.0 Å². The van der Waals surface area contributed by atoms with Gasteiger partial charge in [0.1, 0.15) is 17.2 Å². The minimum absolute atomic E-state index is 0.0113. The fraction of sp³-hybridized carbons (Fsp3) is 0.111. The van der Waals surface area contributed by atoms with Crippen molar-refractivity contribution in [2.24, 2.45) is 0 Å². The first-order valence-corrected chi connectivity index (χ1v) is 7.65. The highest BCUT2D eigenvalue weighted by molar-refractivity contribution is 6.33. The number of halogens is 2. The highest BCUT2D eigenvalue weighted by Crippen LogP contribution is 2.27. The Morgan fingerprint density at radius 2 is 2.00 bits per heavy atom. The number of aromatic nitrogens is 1.